The van der Waals surface area contributed by atoms with Crippen molar-refractivity contribution >= 4 is 34.1 Å². The maximum atomic E-state index is 5.94. The average Bonchev–Trinajstić information content (AvgIpc) is 2.08. The summed E-state index contributed by atoms with van der Waals surface area (Å²) in [7, 11) is 0. The van der Waals surface area contributed by atoms with Gasteiger partial charge in [-0.2, -0.15) is 0 Å². The molecule has 1 aromatic carbocycles. The van der Waals surface area contributed by atoms with Crippen molar-refractivity contribution in [3.63, 3.8) is 0 Å². The normalized spacial score (nSPS) is 10.9. The first-order valence-corrected chi connectivity index (χ1v) is 5.06. The lowest BCUT2D eigenvalue weighted by Gasteiger charge is -2.05. The van der Waals surface area contributed by atoms with E-state index in [-0.39, 0.29) is 0 Å². The molecule has 14 heavy (non-hydrogen) atoms. The quantitative estimate of drug-likeness (QED) is 0.657. The molecule has 0 N–H and O–H groups in total. The molecule has 0 radical (unpaired) electrons. The number of halogens is 2. The highest BCUT2D eigenvalue weighted by molar-refractivity contribution is 6.42. The van der Waals surface area contributed by atoms with Crippen LogP contribution in [0.2, 0.25) is 10.0 Å². The van der Waals surface area contributed by atoms with Crippen LogP contribution in [-0.4, -0.2) is 4.98 Å². The van der Waals surface area contributed by atoms with Crippen LogP contribution in [0.3, 0.4) is 0 Å². The summed E-state index contributed by atoms with van der Waals surface area (Å²) in [5.74, 6) is 0. The van der Waals surface area contributed by atoms with Crippen LogP contribution in [0.4, 0.5) is 0 Å². The van der Waals surface area contributed by atoms with E-state index in [9.17, 15) is 0 Å². The van der Waals surface area contributed by atoms with Gasteiger partial charge in [0.1, 0.15) is 0 Å². The smallest absolute Gasteiger partial charge is 0.0723 e. The van der Waals surface area contributed by atoms with E-state index in [1.54, 1.807) is 6.07 Å². The van der Waals surface area contributed by atoms with Gasteiger partial charge in [-0.05, 0) is 37.6 Å². The molecular weight excluding hydrogens is 217 g/mol. The number of nitrogens with zero attached hydrogens (tertiary/aromatic N) is 1. The lowest BCUT2D eigenvalue weighted by Crippen LogP contribution is -1.87. The van der Waals surface area contributed by atoms with E-state index in [1.807, 2.05) is 26.0 Å². The van der Waals surface area contributed by atoms with Crippen LogP contribution in [0.1, 0.15) is 11.3 Å². The second-order valence-electron chi connectivity index (χ2n) is 3.36. The molecule has 0 amide bonds. The number of hydrogen-bond acceptors (Lipinski definition) is 1. The monoisotopic (exact) mass is 225 g/mol. The van der Waals surface area contributed by atoms with Crippen LogP contribution < -0.4 is 0 Å². The van der Waals surface area contributed by atoms with Gasteiger partial charge in [0, 0.05) is 11.1 Å². The maximum absolute atomic E-state index is 5.94. The largest absolute Gasteiger partial charge is 0.253 e. The first-order valence-electron chi connectivity index (χ1n) is 4.31. The minimum atomic E-state index is 0.552. The van der Waals surface area contributed by atoms with Gasteiger partial charge in [0.2, 0.25) is 0 Å². The number of aromatic nitrogens is 1. The fourth-order valence-electron chi connectivity index (χ4n) is 1.56. The molecule has 1 aromatic heterocycles. The van der Waals surface area contributed by atoms with Crippen LogP contribution >= 0.6 is 23.2 Å². The van der Waals surface area contributed by atoms with Crippen molar-refractivity contribution in [2.24, 2.45) is 0 Å². The van der Waals surface area contributed by atoms with E-state index in [0.29, 0.717) is 10.0 Å². The Morgan fingerprint density at radius 3 is 2.36 bits per heavy atom. The van der Waals surface area contributed by atoms with Crippen LogP contribution in [0, 0.1) is 13.8 Å². The molecule has 3 heteroatoms. The Hall–Kier alpha value is -0.790. The van der Waals surface area contributed by atoms with Crippen molar-refractivity contribution < 1.29 is 0 Å². The Kier molecular flexibility index (Phi) is 2.38. The molecule has 0 aliphatic rings. The highest BCUT2D eigenvalue weighted by Gasteiger charge is 2.04. The zero-order valence-electron chi connectivity index (χ0n) is 7.94. The van der Waals surface area contributed by atoms with Crippen LogP contribution in [0.5, 0.6) is 0 Å². The molecule has 0 saturated carbocycles. The molecular formula is C11H9Cl2N. The zero-order valence-corrected chi connectivity index (χ0v) is 9.45. The van der Waals surface area contributed by atoms with Crippen molar-refractivity contribution in [2.45, 2.75) is 13.8 Å². The fourth-order valence-corrected chi connectivity index (χ4v) is 1.88. The zero-order chi connectivity index (χ0) is 10.3. The Balaban J connectivity index is 2.89. The molecule has 0 aliphatic heterocycles. The van der Waals surface area contributed by atoms with E-state index in [4.69, 9.17) is 23.2 Å². The number of fused-ring (bicyclic) bond motifs is 1. The Morgan fingerprint density at radius 1 is 1.00 bits per heavy atom. The molecule has 0 atom stereocenters. The van der Waals surface area contributed by atoms with Gasteiger partial charge in [0.25, 0.3) is 0 Å². The predicted molar refractivity (Wildman–Crippen MR) is 61.2 cm³/mol. The summed E-state index contributed by atoms with van der Waals surface area (Å²) in [6.45, 7) is 4.01. The van der Waals surface area contributed by atoms with Gasteiger partial charge in [0.05, 0.1) is 15.6 Å². The Bertz CT molecular complexity index is 506. The van der Waals surface area contributed by atoms with Gasteiger partial charge in [-0.25, -0.2) is 0 Å². The van der Waals surface area contributed by atoms with Gasteiger partial charge in [-0.1, -0.05) is 23.2 Å². The van der Waals surface area contributed by atoms with Crippen LogP contribution in [-0.2, 0) is 0 Å². The van der Waals surface area contributed by atoms with E-state index >= 15 is 0 Å². The molecule has 1 heterocycles. The van der Waals surface area contributed by atoms with Crippen LogP contribution in [0.15, 0.2) is 18.2 Å². The van der Waals surface area contributed by atoms with Crippen molar-refractivity contribution in [3.05, 3.63) is 39.5 Å². The molecule has 0 fully saturated rings. The molecule has 2 rings (SSSR count). The summed E-state index contributed by atoms with van der Waals surface area (Å²) in [6, 6.07) is 5.70. The summed E-state index contributed by atoms with van der Waals surface area (Å²) < 4.78 is 0. The summed E-state index contributed by atoms with van der Waals surface area (Å²) in [5.41, 5.74) is 3.07. The van der Waals surface area contributed by atoms with Crippen molar-refractivity contribution in [3.8, 4) is 0 Å². The van der Waals surface area contributed by atoms with Gasteiger partial charge >= 0.3 is 0 Å². The van der Waals surface area contributed by atoms with E-state index < -0.39 is 0 Å². The number of benzene rings is 1. The summed E-state index contributed by atoms with van der Waals surface area (Å²) in [4.78, 5) is 4.40. The lowest BCUT2D eigenvalue weighted by atomic mass is 10.1. The highest BCUT2D eigenvalue weighted by Crippen LogP contribution is 2.28. The van der Waals surface area contributed by atoms with Gasteiger partial charge < -0.3 is 0 Å². The number of pyridine rings is 1. The van der Waals surface area contributed by atoms with E-state index in [1.165, 1.54) is 5.56 Å². The van der Waals surface area contributed by atoms with Crippen molar-refractivity contribution in [1.29, 1.82) is 0 Å². The van der Waals surface area contributed by atoms with E-state index in [2.05, 4.69) is 4.98 Å². The molecule has 0 saturated heterocycles. The molecule has 0 bridgehead atoms. The minimum absolute atomic E-state index is 0.552. The standard InChI is InChI=1S/C11H9Cl2N/c1-6-3-7(2)14-11-5-10(13)9(12)4-8(6)11/h3-5H,1-2H3. The SMILES string of the molecule is Cc1cc(C)c2cc(Cl)c(Cl)cc2n1. The fraction of sp³-hybridized carbons (Fsp3) is 0.182. The predicted octanol–water partition coefficient (Wildman–Crippen LogP) is 4.16. The minimum Gasteiger partial charge on any atom is -0.253 e. The molecule has 0 aliphatic carbocycles. The molecule has 0 spiro atoms. The average molecular weight is 226 g/mol. The maximum Gasteiger partial charge on any atom is 0.0723 e. The first kappa shape index (κ1) is 9.75. The number of rotatable bonds is 0. The number of hydrogen-bond donors (Lipinski definition) is 0. The van der Waals surface area contributed by atoms with Gasteiger partial charge in [-0.15, -0.1) is 0 Å². The van der Waals surface area contributed by atoms with Crippen molar-refractivity contribution in [2.75, 3.05) is 0 Å². The molecule has 72 valence electrons. The number of aryl methyl sites for hydroxylation is 2. The van der Waals surface area contributed by atoms with E-state index in [0.717, 1.165) is 16.6 Å². The summed E-state index contributed by atoms with van der Waals surface area (Å²) >= 11 is 11.9. The summed E-state index contributed by atoms with van der Waals surface area (Å²) in [5, 5.41) is 2.19. The highest BCUT2D eigenvalue weighted by atomic mass is 35.5. The van der Waals surface area contributed by atoms with Crippen molar-refractivity contribution in [1.82, 2.24) is 4.98 Å². The molecule has 1 nitrogen and oxygen atoms in total. The topological polar surface area (TPSA) is 12.9 Å². The van der Waals surface area contributed by atoms with Gasteiger partial charge in [0.15, 0.2) is 0 Å². The van der Waals surface area contributed by atoms with Crippen LogP contribution in [0.25, 0.3) is 10.9 Å². The third-order valence-electron chi connectivity index (χ3n) is 2.19. The Labute approximate surface area is 92.7 Å². The van der Waals surface area contributed by atoms with Gasteiger partial charge in [-0.3, -0.25) is 4.98 Å². The third-order valence-corrected chi connectivity index (χ3v) is 2.91. The Morgan fingerprint density at radius 2 is 1.64 bits per heavy atom. The third kappa shape index (κ3) is 1.58. The lowest BCUT2D eigenvalue weighted by molar-refractivity contribution is 1.23. The second kappa shape index (κ2) is 3.41. The second-order valence-corrected chi connectivity index (χ2v) is 4.18. The molecule has 2 aromatic rings. The first-order chi connectivity index (χ1) is 6.58. The molecule has 0 unspecified atom stereocenters. The summed E-state index contributed by atoms with van der Waals surface area (Å²) in [6.07, 6.45) is 0.